The van der Waals surface area contributed by atoms with Crippen molar-refractivity contribution in [3.05, 3.63) is 77.6 Å². The van der Waals surface area contributed by atoms with E-state index >= 15 is 4.39 Å². The van der Waals surface area contributed by atoms with Gasteiger partial charge in [-0.1, -0.05) is 12.1 Å². The minimum absolute atomic E-state index is 0.0178. The van der Waals surface area contributed by atoms with Gasteiger partial charge in [0, 0.05) is 73.9 Å². The van der Waals surface area contributed by atoms with Gasteiger partial charge in [0.1, 0.15) is 17.6 Å². The molecule has 4 heterocycles. The van der Waals surface area contributed by atoms with Crippen LogP contribution >= 0.6 is 0 Å². The summed E-state index contributed by atoms with van der Waals surface area (Å²) in [6, 6.07) is 12.3. The lowest BCUT2D eigenvalue weighted by molar-refractivity contribution is 0.103. The maximum absolute atomic E-state index is 15.4. The van der Waals surface area contributed by atoms with E-state index in [9.17, 15) is 13.6 Å². The van der Waals surface area contributed by atoms with Crippen LogP contribution in [0.5, 0.6) is 0 Å². The van der Waals surface area contributed by atoms with E-state index in [2.05, 4.69) is 32.3 Å². The number of alkyl halides is 1. The molecule has 2 aromatic carbocycles. The molecule has 1 atom stereocenters. The first-order chi connectivity index (χ1) is 18.0. The number of ketones is 1. The molecule has 0 saturated carbocycles. The lowest BCUT2D eigenvalue weighted by Crippen LogP contribution is -2.43. The normalized spacial score (nSPS) is 18.1. The van der Waals surface area contributed by atoms with Crippen LogP contribution in [0.15, 0.2) is 54.9 Å². The van der Waals surface area contributed by atoms with Crippen molar-refractivity contribution in [1.29, 1.82) is 0 Å². The number of hydrogen-bond donors (Lipinski definition) is 2. The van der Waals surface area contributed by atoms with Crippen molar-refractivity contribution in [3.8, 4) is 11.1 Å². The second kappa shape index (κ2) is 9.55. The topological polar surface area (TPSA) is 64.3 Å². The lowest BCUT2D eigenvalue weighted by Gasteiger charge is -2.29. The van der Waals surface area contributed by atoms with Gasteiger partial charge in [-0.25, -0.2) is 18.2 Å². The SMILES string of the molecule is O=C(c1c(F)ccc(N2CC[C@@H](F)C2)c1F)c1c[nH]c2ncc(-c3ccc(N4CCNCC4)cc3)cc12. The Morgan fingerprint density at radius 1 is 0.973 bits per heavy atom. The lowest BCUT2D eigenvalue weighted by atomic mass is 9.99. The molecule has 4 aromatic rings. The van der Waals surface area contributed by atoms with Crippen molar-refractivity contribution in [2.45, 2.75) is 12.6 Å². The fourth-order valence-corrected chi connectivity index (χ4v) is 5.20. The Labute approximate surface area is 212 Å². The van der Waals surface area contributed by atoms with Crippen LogP contribution in [0.3, 0.4) is 0 Å². The third-order valence-electron chi connectivity index (χ3n) is 7.23. The van der Waals surface area contributed by atoms with Crippen LogP contribution in [0.4, 0.5) is 24.5 Å². The van der Waals surface area contributed by atoms with Crippen LogP contribution in [0.2, 0.25) is 0 Å². The molecule has 9 heteroatoms. The van der Waals surface area contributed by atoms with Crippen molar-refractivity contribution in [1.82, 2.24) is 15.3 Å². The first-order valence-electron chi connectivity index (χ1n) is 12.4. The van der Waals surface area contributed by atoms with Crippen LogP contribution in [0.25, 0.3) is 22.2 Å². The highest BCUT2D eigenvalue weighted by molar-refractivity contribution is 6.16. The Hall–Kier alpha value is -3.85. The van der Waals surface area contributed by atoms with Gasteiger partial charge in [-0.05, 0) is 42.3 Å². The molecule has 190 valence electrons. The number of nitrogens with zero attached hydrogens (tertiary/aromatic N) is 3. The predicted octanol–water partition coefficient (Wildman–Crippen LogP) is 4.70. The van der Waals surface area contributed by atoms with Crippen LogP contribution in [0, 0.1) is 11.6 Å². The Morgan fingerprint density at radius 2 is 1.76 bits per heavy atom. The van der Waals surface area contributed by atoms with Crippen LogP contribution in [-0.2, 0) is 0 Å². The van der Waals surface area contributed by atoms with E-state index in [-0.39, 0.29) is 24.2 Å². The highest BCUT2D eigenvalue weighted by atomic mass is 19.1. The second-order valence-corrected chi connectivity index (χ2v) is 9.52. The number of hydrogen-bond acceptors (Lipinski definition) is 5. The highest BCUT2D eigenvalue weighted by Crippen LogP contribution is 2.32. The number of anilines is 2. The number of carbonyl (C=O) groups is 1. The van der Waals surface area contributed by atoms with E-state index in [1.807, 2.05) is 12.1 Å². The number of piperazine rings is 1. The molecule has 0 amide bonds. The Bertz CT molecular complexity index is 1460. The molecule has 2 aliphatic heterocycles. The molecule has 0 aliphatic carbocycles. The molecule has 6 rings (SSSR count). The smallest absolute Gasteiger partial charge is 0.201 e. The minimum Gasteiger partial charge on any atom is -0.369 e. The number of H-pyrrole nitrogens is 1. The zero-order valence-electron chi connectivity index (χ0n) is 20.1. The van der Waals surface area contributed by atoms with E-state index in [0.29, 0.717) is 17.6 Å². The number of fused-ring (bicyclic) bond motifs is 1. The van der Waals surface area contributed by atoms with Crippen molar-refractivity contribution in [3.63, 3.8) is 0 Å². The van der Waals surface area contributed by atoms with Crippen molar-refractivity contribution in [2.24, 2.45) is 0 Å². The zero-order chi connectivity index (χ0) is 25.5. The van der Waals surface area contributed by atoms with Crippen LogP contribution in [-0.4, -0.2) is 61.2 Å². The number of carbonyl (C=O) groups excluding carboxylic acids is 1. The third-order valence-corrected chi connectivity index (χ3v) is 7.23. The number of aromatic amines is 1. The minimum atomic E-state index is -1.08. The molecular formula is C28H26F3N5O. The number of benzene rings is 2. The molecule has 2 N–H and O–H groups in total. The van der Waals surface area contributed by atoms with Gasteiger partial charge in [0.25, 0.3) is 0 Å². The average Bonchev–Trinajstić information content (AvgIpc) is 3.55. The van der Waals surface area contributed by atoms with Gasteiger partial charge in [0.2, 0.25) is 5.78 Å². The van der Waals surface area contributed by atoms with E-state index in [0.717, 1.165) is 49.1 Å². The highest BCUT2D eigenvalue weighted by Gasteiger charge is 2.29. The molecule has 0 unspecified atom stereocenters. The predicted molar refractivity (Wildman–Crippen MR) is 138 cm³/mol. The number of rotatable bonds is 5. The summed E-state index contributed by atoms with van der Waals surface area (Å²) in [6.45, 7) is 4.12. The van der Waals surface area contributed by atoms with Gasteiger partial charge in [-0.2, -0.15) is 0 Å². The molecule has 6 nitrogen and oxygen atoms in total. The maximum atomic E-state index is 15.4. The largest absolute Gasteiger partial charge is 0.369 e. The first-order valence-corrected chi connectivity index (χ1v) is 12.4. The number of aromatic nitrogens is 2. The summed E-state index contributed by atoms with van der Waals surface area (Å²) in [4.78, 5) is 24.6. The fraction of sp³-hybridized carbons (Fsp3) is 0.286. The summed E-state index contributed by atoms with van der Waals surface area (Å²) in [5.74, 6) is -2.71. The number of pyridine rings is 1. The van der Waals surface area contributed by atoms with Crippen molar-refractivity contribution in [2.75, 3.05) is 49.1 Å². The van der Waals surface area contributed by atoms with Gasteiger partial charge >= 0.3 is 0 Å². The summed E-state index contributed by atoms with van der Waals surface area (Å²) in [5, 5.41) is 3.82. The van der Waals surface area contributed by atoms with Crippen LogP contribution < -0.4 is 15.1 Å². The van der Waals surface area contributed by atoms with E-state index in [4.69, 9.17) is 0 Å². The molecule has 2 saturated heterocycles. The van der Waals surface area contributed by atoms with E-state index < -0.39 is 29.2 Å². The first kappa shape index (κ1) is 23.5. The molecule has 0 bridgehead atoms. The Kier molecular flexibility index (Phi) is 6.08. The van der Waals surface area contributed by atoms with E-state index in [1.54, 1.807) is 12.3 Å². The molecule has 0 spiro atoms. The number of nitrogens with one attached hydrogen (secondary N) is 2. The quantitative estimate of drug-likeness (QED) is 0.385. The van der Waals surface area contributed by atoms with E-state index in [1.165, 1.54) is 17.2 Å². The third kappa shape index (κ3) is 4.33. The van der Waals surface area contributed by atoms with Crippen LogP contribution in [0.1, 0.15) is 22.3 Å². The molecule has 37 heavy (non-hydrogen) atoms. The molecule has 2 aromatic heterocycles. The van der Waals surface area contributed by atoms with Gasteiger partial charge in [0.15, 0.2) is 5.82 Å². The summed E-state index contributed by atoms with van der Waals surface area (Å²) in [6.07, 6.45) is 2.33. The molecule has 0 radical (unpaired) electrons. The summed E-state index contributed by atoms with van der Waals surface area (Å²) in [7, 11) is 0. The van der Waals surface area contributed by atoms with Gasteiger partial charge < -0.3 is 20.1 Å². The molecular weight excluding hydrogens is 479 g/mol. The number of halogens is 3. The van der Waals surface area contributed by atoms with Gasteiger partial charge in [-0.15, -0.1) is 0 Å². The second-order valence-electron chi connectivity index (χ2n) is 9.52. The summed E-state index contributed by atoms with van der Waals surface area (Å²) < 4.78 is 43.9. The summed E-state index contributed by atoms with van der Waals surface area (Å²) >= 11 is 0. The molecule has 2 aliphatic rings. The maximum Gasteiger partial charge on any atom is 0.201 e. The van der Waals surface area contributed by atoms with Crippen molar-refractivity contribution < 1.29 is 18.0 Å². The zero-order valence-corrected chi connectivity index (χ0v) is 20.1. The fourth-order valence-electron chi connectivity index (χ4n) is 5.20. The summed E-state index contributed by atoms with van der Waals surface area (Å²) in [5.41, 5.74) is 2.80. The molecule has 2 fully saturated rings. The van der Waals surface area contributed by atoms with Gasteiger partial charge in [0.05, 0.1) is 11.3 Å². The van der Waals surface area contributed by atoms with Gasteiger partial charge in [-0.3, -0.25) is 4.79 Å². The van der Waals surface area contributed by atoms with Crippen molar-refractivity contribution >= 4 is 28.2 Å². The Morgan fingerprint density at radius 3 is 2.49 bits per heavy atom. The average molecular weight is 506 g/mol. The standard InChI is InChI=1S/C28H26F3N5O/c29-19-7-10-36(16-19)24-6-5-23(30)25(26(24)31)27(37)22-15-34-28-21(22)13-18(14-33-28)17-1-3-20(4-2-17)35-11-8-32-9-12-35/h1-6,13-15,19,32H,7-12,16H2,(H,33,34)/t19-/m1/s1. The Balaban J connectivity index is 1.33. The monoisotopic (exact) mass is 505 g/mol.